The van der Waals surface area contributed by atoms with Crippen LogP contribution in [0.3, 0.4) is 0 Å². The summed E-state index contributed by atoms with van der Waals surface area (Å²) in [4.78, 5) is 4.25. The molecule has 0 amide bonds. The molecule has 0 radical (unpaired) electrons. The second kappa shape index (κ2) is 10.2. The Morgan fingerprint density at radius 2 is 1.84 bits per heavy atom. The van der Waals surface area contributed by atoms with Gasteiger partial charge in [-0.2, -0.15) is 0 Å². The van der Waals surface area contributed by atoms with E-state index < -0.39 is 0 Å². The molecule has 3 heteroatoms. The van der Waals surface area contributed by atoms with Gasteiger partial charge < -0.3 is 0 Å². The summed E-state index contributed by atoms with van der Waals surface area (Å²) in [5.41, 5.74) is 5.00. The third-order valence-electron chi connectivity index (χ3n) is 5.13. The second-order valence-electron chi connectivity index (χ2n) is 6.93. The maximum absolute atomic E-state index is 6.81. The van der Waals surface area contributed by atoms with E-state index >= 15 is 0 Å². The quantitative estimate of drug-likeness (QED) is 0.477. The Labute approximate surface area is 162 Å². The molecule has 0 saturated carbocycles. The van der Waals surface area contributed by atoms with Gasteiger partial charge >= 0.3 is 0 Å². The van der Waals surface area contributed by atoms with Crippen LogP contribution in [0.15, 0.2) is 57.1 Å². The van der Waals surface area contributed by atoms with Crippen LogP contribution >= 0.6 is 23.2 Å². The number of aliphatic imine (C=N–C) groups is 1. The summed E-state index contributed by atoms with van der Waals surface area (Å²) in [5, 5.41) is 1.52. The summed E-state index contributed by atoms with van der Waals surface area (Å²) in [7, 11) is 1.76. The number of allylic oxidation sites excluding steroid dienone is 4. The lowest BCUT2D eigenvalue weighted by molar-refractivity contribution is 0.445. The van der Waals surface area contributed by atoms with Gasteiger partial charge in [-0.25, -0.2) is 0 Å². The molecule has 0 aromatic heterocycles. The van der Waals surface area contributed by atoms with Crippen molar-refractivity contribution in [2.45, 2.75) is 58.8 Å². The van der Waals surface area contributed by atoms with Crippen LogP contribution in [-0.4, -0.2) is 12.2 Å². The zero-order valence-electron chi connectivity index (χ0n) is 15.6. The van der Waals surface area contributed by atoms with Gasteiger partial charge in [-0.3, -0.25) is 4.99 Å². The third kappa shape index (κ3) is 5.72. The van der Waals surface area contributed by atoms with Crippen LogP contribution in [0.1, 0.15) is 57.9 Å². The molecule has 136 valence electrons. The van der Waals surface area contributed by atoms with Crippen LogP contribution in [0.4, 0.5) is 0 Å². The zero-order valence-corrected chi connectivity index (χ0v) is 17.1. The molecule has 2 rings (SSSR count). The van der Waals surface area contributed by atoms with E-state index in [-0.39, 0.29) is 0 Å². The monoisotopic (exact) mass is 377 g/mol. The van der Waals surface area contributed by atoms with E-state index in [0.717, 1.165) is 42.7 Å². The van der Waals surface area contributed by atoms with Crippen LogP contribution < -0.4 is 0 Å². The molecular formula is C22H29Cl2N. The number of hydrogen-bond acceptors (Lipinski definition) is 1. The first-order chi connectivity index (χ1) is 12.1. The molecule has 25 heavy (non-hydrogen) atoms. The van der Waals surface area contributed by atoms with Gasteiger partial charge in [0.1, 0.15) is 5.17 Å². The molecule has 1 unspecified atom stereocenters. The Balaban J connectivity index is 2.39. The van der Waals surface area contributed by atoms with Crippen molar-refractivity contribution in [2.24, 2.45) is 10.9 Å². The predicted octanol–water partition coefficient (Wildman–Crippen LogP) is 7.30. The zero-order chi connectivity index (χ0) is 18.2. The van der Waals surface area contributed by atoms with Crippen LogP contribution in [0.2, 0.25) is 0 Å². The van der Waals surface area contributed by atoms with Crippen LogP contribution in [0.5, 0.6) is 0 Å². The summed E-state index contributed by atoms with van der Waals surface area (Å²) < 4.78 is 0. The predicted molar refractivity (Wildman–Crippen MR) is 112 cm³/mol. The number of hydrogen-bond donors (Lipinski definition) is 0. The van der Waals surface area contributed by atoms with E-state index in [9.17, 15) is 0 Å². The van der Waals surface area contributed by atoms with Crippen molar-refractivity contribution in [1.29, 1.82) is 0 Å². The topological polar surface area (TPSA) is 12.4 Å². The highest BCUT2D eigenvalue weighted by molar-refractivity contribution is 6.69. The first-order valence-corrected chi connectivity index (χ1v) is 10.1. The van der Waals surface area contributed by atoms with E-state index in [1.807, 2.05) is 0 Å². The van der Waals surface area contributed by atoms with E-state index in [1.165, 1.54) is 29.6 Å². The van der Waals surface area contributed by atoms with Gasteiger partial charge in [-0.05, 0) is 68.1 Å². The van der Waals surface area contributed by atoms with E-state index in [4.69, 9.17) is 23.2 Å². The standard InChI is InChI=1S/C22H29Cl2N/c1-4-16(2)21(23)20-15-18(14-17-10-6-5-7-11-17)12-8-9-13-19(20)22(24)25-3/h5-7,10-11,18H,4,8-9,12-15H2,1-3H3/b20-19-,21-16+,25-22?. The molecule has 0 heterocycles. The van der Waals surface area contributed by atoms with Crippen molar-refractivity contribution >= 4 is 28.4 Å². The molecule has 0 bridgehead atoms. The molecule has 0 N–H and O–H groups in total. The summed E-state index contributed by atoms with van der Waals surface area (Å²) >= 11 is 13.3. The lowest BCUT2D eigenvalue weighted by Crippen LogP contribution is -2.13. The van der Waals surface area contributed by atoms with E-state index in [1.54, 1.807) is 7.05 Å². The molecule has 1 aliphatic carbocycles. The SMILES string of the molecule is CC/C(C)=C(Cl)\C1=C(/C(Cl)=NC)CCCCC(Cc2ccccc2)C1. The molecular weight excluding hydrogens is 349 g/mol. The Morgan fingerprint density at radius 1 is 1.12 bits per heavy atom. The fourth-order valence-electron chi connectivity index (χ4n) is 3.52. The number of benzene rings is 1. The average molecular weight is 378 g/mol. The minimum Gasteiger partial charge on any atom is -0.276 e. The van der Waals surface area contributed by atoms with Gasteiger partial charge in [-0.1, -0.05) is 72.5 Å². The maximum Gasteiger partial charge on any atom is 0.126 e. The van der Waals surface area contributed by atoms with E-state index in [0.29, 0.717) is 11.1 Å². The molecule has 0 fully saturated rings. The van der Waals surface area contributed by atoms with Gasteiger partial charge in [0.2, 0.25) is 0 Å². The van der Waals surface area contributed by atoms with Crippen LogP contribution in [0, 0.1) is 5.92 Å². The van der Waals surface area contributed by atoms with Gasteiger partial charge in [0.15, 0.2) is 0 Å². The average Bonchev–Trinajstić information content (AvgIpc) is 2.63. The van der Waals surface area contributed by atoms with Crippen molar-refractivity contribution in [3.8, 4) is 0 Å². The normalized spacial score (nSPS) is 23.7. The molecule has 1 aliphatic rings. The number of halogens is 2. The first kappa shape index (κ1) is 20.3. The van der Waals surface area contributed by atoms with Crippen molar-refractivity contribution in [3.63, 3.8) is 0 Å². The highest BCUT2D eigenvalue weighted by atomic mass is 35.5. The van der Waals surface area contributed by atoms with Crippen LogP contribution in [-0.2, 0) is 6.42 Å². The Hall–Kier alpha value is -1.05. The van der Waals surface area contributed by atoms with Gasteiger partial charge in [0, 0.05) is 12.1 Å². The highest BCUT2D eigenvalue weighted by Crippen LogP contribution is 2.37. The van der Waals surface area contributed by atoms with Crippen molar-refractivity contribution < 1.29 is 0 Å². The Kier molecular flexibility index (Phi) is 8.26. The van der Waals surface area contributed by atoms with E-state index in [2.05, 4.69) is 49.2 Å². The molecule has 0 spiro atoms. The minimum atomic E-state index is 0.590. The van der Waals surface area contributed by atoms with Gasteiger partial charge in [0.25, 0.3) is 0 Å². The van der Waals surface area contributed by atoms with Crippen LogP contribution in [0.25, 0.3) is 0 Å². The third-order valence-corrected chi connectivity index (χ3v) is 6.08. The molecule has 1 aromatic rings. The molecule has 1 nitrogen and oxygen atoms in total. The Bertz CT molecular complexity index is 656. The lowest BCUT2D eigenvalue weighted by Gasteiger charge is -2.25. The molecule has 1 aromatic carbocycles. The summed E-state index contributed by atoms with van der Waals surface area (Å²) in [6.07, 6.45) is 7.61. The fraction of sp³-hybridized carbons (Fsp3) is 0.500. The van der Waals surface area contributed by atoms with Crippen molar-refractivity contribution in [2.75, 3.05) is 7.05 Å². The molecule has 0 aliphatic heterocycles. The molecule has 1 atom stereocenters. The maximum atomic E-state index is 6.81. The smallest absolute Gasteiger partial charge is 0.126 e. The largest absolute Gasteiger partial charge is 0.276 e. The first-order valence-electron chi connectivity index (χ1n) is 9.31. The number of rotatable bonds is 5. The summed E-state index contributed by atoms with van der Waals surface area (Å²) in [5.74, 6) is 0.590. The second-order valence-corrected chi connectivity index (χ2v) is 7.66. The van der Waals surface area contributed by atoms with Crippen molar-refractivity contribution in [3.05, 3.63) is 57.6 Å². The Morgan fingerprint density at radius 3 is 2.48 bits per heavy atom. The summed E-state index contributed by atoms with van der Waals surface area (Å²) in [6, 6.07) is 10.8. The van der Waals surface area contributed by atoms with Crippen molar-refractivity contribution in [1.82, 2.24) is 0 Å². The molecule has 0 saturated heterocycles. The highest BCUT2D eigenvalue weighted by Gasteiger charge is 2.22. The van der Waals surface area contributed by atoms with Gasteiger partial charge in [0.05, 0.1) is 0 Å². The number of nitrogens with zero attached hydrogens (tertiary/aromatic N) is 1. The minimum absolute atomic E-state index is 0.590. The fourth-order valence-corrected chi connectivity index (χ4v) is 4.05. The van der Waals surface area contributed by atoms with Gasteiger partial charge in [-0.15, -0.1) is 0 Å². The summed E-state index contributed by atoms with van der Waals surface area (Å²) in [6.45, 7) is 4.27. The lowest BCUT2D eigenvalue weighted by atomic mass is 9.82.